The van der Waals surface area contributed by atoms with Crippen molar-refractivity contribution < 1.29 is 14.3 Å². The molecule has 1 amide bonds. The summed E-state index contributed by atoms with van der Waals surface area (Å²) in [5, 5.41) is 0.595. The Hall–Kier alpha value is -3.16. The van der Waals surface area contributed by atoms with Gasteiger partial charge in [0.25, 0.3) is 5.91 Å². The third-order valence-electron chi connectivity index (χ3n) is 4.09. The van der Waals surface area contributed by atoms with E-state index in [1.54, 1.807) is 49.6 Å². The highest BCUT2D eigenvalue weighted by Gasteiger charge is 2.19. The molecule has 6 nitrogen and oxygen atoms in total. The van der Waals surface area contributed by atoms with Gasteiger partial charge < -0.3 is 16.2 Å². The van der Waals surface area contributed by atoms with Crippen molar-refractivity contribution in [3.05, 3.63) is 75.6 Å². The molecule has 148 valence electrons. The number of ketones is 1. The maximum Gasteiger partial charge on any atom is 0.253 e. The maximum atomic E-state index is 13.0. The fourth-order valence-corrected chi connectivity index (χ4v) is 4.02. The van der Waals surface area contributed by atoms with Gasteiger partial charge >= 0.3 is 0 Å². The van der Waals surface area contributed by atoms with Crippen LogP contribution in [0.25, 0.3) is 10.4 Å². The molecule has 1 heterocycles. The molecule has 8 heteroatoms. The number of amides is 1. The number of aliphatic imine (C=N–C) groups is 1. The highest BCUT2D eigenvalue weighted by atomic mass is 35.5. The largest absolute Gasteiger partial charge is 0.497 e. The lowest BCUT2D eigenvalue weighted by molar-refractivity contribution is -0.117. The zero-order chi connectivity index (χ0) is 21.0. The average Bonchev–Trinajstić information content (AvgIpc) is 3.11. The van der Waals surface area contributed by atoms with E-state index in [1.165, 1.54) is 11.3 Å². The summed E-state index contributed by atoms with van der Waals surface area (Å²) in [4.78, 5) is 29.9. The third kappa shape index (κ3) is 5.01. The van der Waals surface area contributed by atoms with E-state index in [1.807, 2.05) is 12.1 Å². The Morgan fingerprint density at radius 1 is 1.07 bits per heavy atom. The minimum absolute atomic E-state index is 0.0255. The van der Waals surface area contributed by atoms with Gasteiger partial charge in [-0.1, -0.05) is 23.7 Å². The molecule has 0 aliphatic heterocycles. The molecule has 0 aliphatic carbocycles. The Bertz CT molecular complexity index is 1070. The molecule has 3 aromatic rings. The van der Waals surface area contributed by atoms with Gasteiger partial charge in [-0.3, -0.25) is 9.59 Å². The summed E-state index contributed by atoms with van der Waals surface area (Å²) in [6, 6.07) is 15.7. The van der Waals surface area contributed by atoms with Gasteiger partial charge in [0.2, 0.25) is 5.78 Å². The normalized spacial score (nSPS) is 10.4. The minimum Gasteiger partial charge on any atom is -0.497 e. The molecular weight excluding hydrogens is 410 g/mol. The summed E-state index contributed by atoms with van der Waals surface area (Å²) in [5.41, 5.74) is 12.6. The highest BCUT2D eigenvalue weighted by molar-refractivity contribution is 7.17. The fourth-order valence-electron chi connectivity index (χ4n) is 2.75. The first-order valence-corrected chi connectivity index (χ1v) is 9.76. The first-order valence-electron chi connectivity index (χ1n) is 8.57. The molecule has 0 fully saturated rings. The quantitative estimate of drug-likeness (QED) is 0.354. The molecule has 29 heavy (non-hydrogen) atoms. The summed E-state index contributed by atoms with van der Waals surface area (Å²) in [6.45, 7) is 0. The van der Waals surface area contributed by atoms with Crippen LogP contribution in [-0.2, 0) is 11.2 Å². The first kappa shape index (κ1) is 20.6. The van der Waals surface area contributed by atoms with Gasteiger partial charge in [0.1, 0.15) is 5.75 Å². The van der Waals surface area contributed by atoms with Crippen LogP contribution in [0.3, 0.4) is 0 Å². The number of halogens is 1. The Morgan fingerprint density at radius 3 is 2.31 bits per heavy atom. The zero-order valence-electron chi connectivity index (χ0n) is 15.5. The lowest BCUT2D eigenvalue weighted by atomic mass is 10.0. The summed E-state index contributed by atoms with van der Waals surface area (Å²) < 4.78 is 5.13. The molecular formula is C21H18ClN3O3S. The van der Waals surface area contributed by atoms with Crippen LogP contribution in [0.1, 0.15) is 20.8 Å². The second-order valence-corrected chi connectivity index (χ2v) is 7.63. The number of nitrogens with zero attached hydrogens (tertiary/aromatic N) is 1. The van der Waals surface area contributed by atoms with Crippen molar-refractivity contribution in [3.8, 4) is 16.2 Å². The van der Waals surface area contributed by atoms with Crippen molar-refractivity contribution >= 4 is 40.6 Å². The van der Waals surface area contributed by atoms with E-state index in [2.05, 4.69) is 4.99 Å². The predicted molar refractivity (Wildman–Crippen MR) is 116 cm³/mol. The van der Waals surface area contributed by atoms with Crippen molar-refractivity contribution in [2.24, 2.45) is 16.5 Å². The number of hydrogen-bond acceptors (Lipinski definition) is 4. The van der Waals surface area contributed by atoms with E-state index >= 15 is 0 Å². The van der Waals surface area contributed by atoms with Crippen molar-refractivity contribution in [2.45, 2.75) is 6.42 Å². The molecule has 0 unspecified atom stereocenters. The lowest BCUT2D eigenvalue weighted by Gasteiger charge is -2.02. The molecule has 0 saturated carbocycles. The molecule has 1 aromatic heterocycles. The summed E-state index contributed by atoms with van der Waals surface area (Å²) in [7, 11) is 1.56. The van der Waals surface area contributed by atoms with Crippen LogP contribution >= 0.6 is 22.9 Å². The molecule has 0 bridgehead atoms. The van der Waals surface area contributed by atoms with Crippen LogP contribution in [0, 0.1) is 0 Å². The Balaban J connectivity index is 2.00. The van der Waals surface area contributed by atoms with E-state index in [4.69, 9.17) is 27.8 Å². The minimum atomic E-state index is -0.485. The number of thiophene rings is 1. The van der Waals surface area contributed by atoms with Crippen molar-refractivity contribution in [2.75, 3.05) is 7.11 Å². The average molecular weight is 428 g/mol. The molecule has 2 aromatic carbocycles. The number of carbonyl (C=O) groups is 2. The van der Waals surface area contributed by atoms with Gasteiger partial charge in [-0.2, -0.15) is 4.99 Å². The maximum absolute atomic E-state index is 13.0. The van der Waals surface area contributed by atoms with Crippen LogP contribution in [0.4, 0.5) is 0 Å². The summed E-state index contributed by atoms with van der Waals surface area (Å²) in [6.07, 6.45) is -0.0255. The highest BCUT2D eigenvalue weighted by Crippen LogP contribution is 2.35. The van der Waals surface area contributed by atoms with Crippen LogP contribution in [0.2, 0.25) is 5.02 Å². The SMILES string of the molecule is COc1ccc(C(=O)c2cc(CC(=O)N=C(N)N)c(-c3ccc(Cl)cc3)s2)cc1. The molecule has 0 atom stereocenters. The predicted octanol–water partition coefficient (Wildman–Crippen LogP) is 3.65. The van der Waals surface area contributed by atoms with Gasteiger partial charge in [-0.05, 0) is 53.6 Å². The second-order valence-electron chi connectivity index (χ2n) is 6.14. The van der Waals surface area contributed by atoms with Gasteiger partial charge in [0.05, 0.1) is 18.4 Å². The molecule has 0 aliphatic rings. The molecule has 0 spiro atoms. The number of methoxy groups -OCH3 is 1. The van der Waals surface area contributed by atoms with E-state index in [-0.39, 0.29) is 18.2 Å². The fraction of sp³-hybridized carbons (Fsp3) is 0.0952. The van der Waals surface area contributed by atoms with Gasteiger partial charge in [0, 0.05) is 15.5 Å². The van der Waals surface area contributed by atoms with Crippen molar-refractivity contribution in [3.63, 3.8) is 0 Å². The number of benzene rings is 2. The van der Waals surface area contributed by atoms with Gasteiger partial charge in [0.15, 0.2) is 5.96 Å². The number of carbonyl (C=O) groups excluding carboxylic acids is 2. The van der Waals surface area contributed by atoms with Crippen LogP contribution in [0.5, 0.6) is 5.75 Å². The number of nitrogens with two attached hydrogens (primary N) is 2. The third-order valence-corrected chi connectivity index (χ3v) is 5.56. The summed E-state index contributed by atoms with van der Waals surface area (Å²) in [5.74, 6) is -0.263. The number of rotatable bonds is 6. The van der Waals surface area contributed by atoms with Gasteiger partial charge in [-0.25, -0.2) is 0 Å². The van der Waals surface area contributed by atoms with E-state index in [0.717, 1.165) is 10.4 Å². The first-order chi connectivity index (χ1) is 13.9. The lowest BCUT2D eigenvalue weighted by Crippen LogP contribution is -2.24. The van der Waals surface area contributed by atoms with E-state index in [9.17, 15) is 9.59 Å². The van der Waals surface area contributed by atoms with E-state index in [0.29, 0.717) is 26.8 Å². The van der Waals surface area contributed by atoms with Crippen LogP contribution in [0.15, 0.2) is 59.6 Å². The van der Waals surface area contributed by atoms with E-state index < -0.39 is 5.91 Å². The molecule has 4 N–H and O–H groups in total. The van der Waals surface area contributed by atoms with Crippen molar-refractivity contribution in [1.29, 1.82) is 0 Å². The Labute approximate surface area is 176 Å². The summed E-state index contributed by atoms with van der Waals surface area (Å²) >= 11 is 7.29. The number of guanidine groups is 1. The topological polar surface area (TPSA) is 108 Å². The van der Waals surface area contributed by atoms with Crippen LogP contribution in [-0.4, -0.2) is 24.8 Å². The molecule has 3 rings (SSSR count). The zero-order valence-corrected chi connectivity index (χ0v) is 17.1. The second kappa shape index (κ2) is 8.89. The molecule has 0 saturated heterocycles. The standard InChI is InChI=1S/C21H18ClN3O3S/c1-28-16-8-4-12(5-9-16)19(27)17-10-14(11-18(26)25-21(23)24)20(29-17)13-2-6-15(22)7-3-13/h2-10H,11H2,1H3,(H4,23,24,25,26). The number of ether oxygens (including phenoxy) is 1. The Morgan fingerprint density at radius 2 is 1.72 bits per heavy atom. The van der Waals surface area contributed by atoms with Crippen molar-refractivity contribution in [1.82, 2.24) is 0 Å². The monoisotopic (exact) mass is 427 g/mol. The smallest absolute Gasteiger partial charge is 0.253 e. The van der Waals surface area contributed by atoms with Gasteiger partial charge in [-0.15, -0.1) is 11.3 Å². The Kier molecular flexibility index (Phi) is 6.31. The molecule has 0 radical (unpaired) electrons. The number of hydrogen-bond donors (Lipinski definition) is 2. The van der Waals surface area contributed by atoms with Crippen LogP contribution < -0.4 is 16.2 Å².